The molecule has 0 aromatic carbocycles. The van der Waals surface area contributed by atoms with Crippen molar-refractivity contribution in [2.75, 3.05) is 12.3 Å². The lowest BCUT2D eigenvalue weighted by molar-refractivity contribution is -0.183. The second kappa shape index (κ2) is 13.8. The maximum absolute atomic E-state index is 11.9. The number of aromatic amines is 1. The highest BCUT2D eigenvalue weighted by Gasteiger charge is 2.44. The molecular weight excluding hydrogens is 545 g/mol. The molecule has 0 aliphatic heterocycles. The molecule has 11 N–H and O–H groups in total. The fraction of sp³-hybridized carbons (Fsp3) is 0.471. The summed E-state index contributed by atoms with van der Waals surface area (Å²) >= 11 is 0. The highest BCUT2D eigenvalue weighted by molar-refractivity contribution is 7.46. The van der Waals surface area contributed by atoms with Gasteiger partial charge in [0.1, 0.15) is 24.1 Å². The molecule has 2 rings (SSSR count). The number of carbonyl (C=O) groups excluding carboxylic acids is 2. The van der Waals surface area contributed by atoms with E-state index in [-0.39, 0.29) is 6.29 Å². The van der Waals surface area contributed by atoms with E-state index in [1.54, 1.807) is 0 Å². The maximum Gasteiger partial charge on any atom is 0.470 e. The van der Waals surface area contributed by atoms with E-state index in [2.05, 4.69) is 29.2 Å². The van der Waals surface area contributed by atoms with Gasteiger partial charge in [-0.1, -0.05) is 0 Å². The molecule has 1 unspecified atom stereocenters. The van der Waals surface area contributed by atoms with Crippen LogP contribution in [0.15, 0.2) is 12.7 Å². The minimum atomic E-state index is -5.39. The number of aliphatic carboxylic acids is 2. The predicted molar refractivity (Wildman–Crippen MR) is 118 cm³/mol. The van der Waals surface area contributed by atoms with Crippen molar-refractivity contribution in [2.24, 2.45) is 0 Å². The van der Waals surface area contributed by atoms with Crippen molar-refractivity contribution in [3.05, 3.63) is 12.7 Å². The van der Waals surface area contributed by atoms with E-state index in [1.807, 2.05) is 0 Å². The van der Waals surface area contributed by atoms with Crippen LogP contribution in [-0.2, 0) is 33.0 Å². The van der Waals surface area contributed by atoms with E-state index in [4.69, 9.17) is 30.8 Å². The average molecular weight is 569 g/mol. The Morgan fingerprint density at radius 2 is 1.79 bits per heavy atom. The number of imidazole rings is 1. The van der Waals surface area contributed by atoms with Crippen molar-refractivity contribution in [3.8, 4) is 0 Å². The number of aliphatic hydroxyl groups excluding tert-OH is 3. The lowest BCUT2D eigenvalue weighted by atomic mass is 9.95. The van der Waals surface area contributed by atoms with Gasteiger partial charge in [0.15, 0.2) is 35.6 Å². The van der Waals surface area contributed by atoms with E-state index < -0.39 is 75.2 Å². The summed E-state index contributed by atoms with van der Waals surface area (Å²) < 4.78 is 19.4. The van der Waals surface area contributed by atoms with Gasteiger partial charge < -0.3 is 60.7 Å². The first-order valence-electron chi connectivity index (χ1n) is 9.97. The Morgan fingerprint density at radius 3 is 2.26 bits per heavy atom. The molecule has 0 bridgehead atoms. The number of esters is 1. The zero-order valence-corrected chi connectivity index (χ0v) is 19.9. The Morgan fingerprint density at radius 1 is 1.16 bits per heavy atom. The Balaban J connectivity index is 0.000000588. The van der Waals surface area contributed by atoms with Crippen LogP contribution in [0.1, 0.15) is 12.8 Å². The number of aldehydes is 1. The number of carboxylic acid groups (broad SMARTS) is 2. The monoisotopic (exact) mass is 569 g/mol. The van der Waals surface area contributed by atoms with Crippen molar-refractivity contribution in [3.63, 3.8) is 0 Å². The minimum absolute atomic E-state index is 0.328. The summed E-state index contributed by atoms with van der Waals surface area (Å²) in [5.41, 5.74) is 3.62. The van der Waals surface area contributed by atoms with Gasteiger partial charge >= 0.3 is 25.7 Å². The van der Waals surface area contributed by atoms with Crippen LogP contribution in [0.3, 0.4) is 0 Å². The Bertz CT molecular complexity index is 1170. The molecule has 0 aliphatic carbocycles. The van der Waals surface area contributed by atoms with E-state index in [1.165, 1.54) is 12.7 Å². The molecule has 212 valence electrons. The molecule has 21 heteroatoms. The van der Waals surface area contributed by atoms with E-state index in [9.17, 15) is 39.1 Å². The molecule has 38 heavy (non-hydrogen) atoms. The van der Waals surface area contributed by atoms with Gasteiger partial charge in [0.2, 0.25) is 0 Å². The Kier molecular flexibility index (Phi) is 11.8. The quantitative estimate of drug-likeness (QED) is 0.0622. The minimum Gasteiger partial charge on any atom is -0.481 e. The molecule has 0 saturated carbocycles. The van der Waals surface area contributed by atoms with Crippen molar-refractivity contribution in [1.82, 2.24) is 19.9 Å². The number of H-pyrrole nitrogens is 1. The topological polar surface area (TPSA) is 346 Å². The Hall–Kier alpha value is -3.62. The number of hydrogen-bond donors (Lipinski definition) is 10. The summed E-state index contributed by atoms with van der Waals surface area (Å²) in [6.45, 7) is -1.16. The molecule has 5 atom stereocenters. The highest BCUT2D eigenvalue weighted by atomic mass is 31.2. The third-order valence-corrected chi connectivity index (χ3v) is 4.95. The van der Waals surface area contributed by atoms with Gasteiger partial charge in [0.05, 0.1) is 25.8 Å². The molecule has 0 spiro atoms. The standard InChI is InChI=1S/C12H19O15P.C5H5N5/c13-3-5(15)9(19)10(6(4-14)27-28(23,24)25)26-8(18)2-12(22,11(20)21)1-7(16)17;6-4-3-5(9-1-7-3)10-2-8-4/h4-6,9-10,13,15,19,22H,1-3H2,(H,16,17)(H,20,21)(H2,23,24,25);1-2H,(H3,6,7,8,9,10)/t5-,6+,9-,10-,12?;/m1./s1. The molecule has 0 saturated heterocycles. The van der Waals surface area contributed by atoms with Gasteiger partial charge in [-0.25, -0.2) is 24.3 Å². The van der Waals surface area contributed by atoms with E-state index >= 15 is 0 Å². The van der Waals surface area contributed by atoms with E-state index in [0.717, 1.165) is 0 Å². The van der Waals surface area contributed by atoms with Gasteiger partial charge in [-0.2, -0.15) is 0 Å². The van der Waals surface area contributed by atoms with Gasteiger partial charge in [0, 0.05) is 0 Å². The number of rotatable bonds is 13. The largest absolute Gasteiger partial charge is 0.481 e. The second-order valence-corrected chi connectivity index (χ2v) is 8.53. The fourth-order valence-corrected chi connectivity index (χ4v) is 3.15. The lowest BCUT2D eigenvalue weighted by Crippen LogP contribution is -2.51. The number of carboxylic acids is 2. The molecule has 20 nitrogen and oxygen atoms in total. The average Bonchev–Trinajstić information content (AvgIpc) is 3.29. The first kappa shape index (κ1) is 32.4. The van der Waals surface area contributed by atoms with E-state index in [0.29, 0.717) is 17.0 Å². The summed E-state index contributed by atoms with van der Waals surface area (Å²) in [5.74, 6) is -5.23. The predicted octanol–water partition coefficient (Wildman–Crippen LogP) is -4.10. The number of phosphoric ester groups is 1. The third-order valence-electron chi connectivity index (χ3n) is 4.43. The number of phosphoric acid groups is 1. The molecule has 2 aromatic heterocycles. The smallest absolute Gasteiger partial charge is 0.470 e. The number of anilines is 1. The zero-order valence-electron chi connectivity index (χ0n) is 19.0. The number of carbonyl (C=O) groups is 4. The van der Waals surface area contributed by atoms with Crippen LogP contribution in [0.2, 0.25) is 0 Å². The zero-order chi connectivity index (χ0) is 29.3. The van der Waals surface area contributed by atoms with Crippen LogP contribution in [-0.4, -0.2) is 121 Å². The molecule has 2 aromatic rings. The summed E-state index contributed by atoms with van der Waals surface area (Å²) in [6.07, 6.45) is -9.58. The molecule has 0 fully saturated rings. The summed E-state index contributed by atoms with van der Waals surface area (Å²) in [7, 11) is -5.39. The summed E-state index contributed by atoms with van der Waals surface area (Å²) in [6, 6.07) is 0. The molecule has 0 amide bonds. The third kappa shape index (κ3) is 9.68. The number of aliphatic hydroxyl groups is 4. The first-order chi connectivity index (χ1) is 17.5. The van der Waals surface area contributed by atoms with Crippen LogP contribution in [0.25, 0.3) is 11.2 Å². The lowest BCUT2D eigenvalue weighted by Gasteiger charge is -2.30. The fourth-order valence-electron chi connectivity index (χ4n) is 2.66. The summed E-state index contributed by atoms with van der Waals surface area (Å²) in [5, 5.41) is 55.3. The molecule has 0 aliphatic rings. The highest BCUT2D eigenvalue weighted by Crippen LogP contribution is 2.38. The number of nitrogen functional groups attached to an aromatic ring is 1. The maximum atomic E-state index is 11.9. The number of nitrogens with zero attached hydrogens (tertiary/aromatic N) is 3. The van der Waals surface area contributed by atoms with Crippen LogP contribution >= 0.6 is 7.82 Å². The summed E-state index contributed by atoms with van der Waals surface area (Å²) in [4.78, 5) is 76.4. The van der Waals surface area contributed by atoms with Crippen LogP contribution in [0.5, 0.6) is 0 Å². The van der Waals surface area contributed by atoms with Crippen LogP contribution in [0.4, 0.5) is 5.82 Å². The number of hydrogen-bond acceptors (Lipinski definition) is 15. The van der Waals surface area contributed by atoms with Crippen LogP contribution < -0.4 is 5.73 Å². The number of fused-ring (bicyclic) bond motifs is 1. The van der Waals surface area contributed by atoms with Gasteiger partial charge in [0.25, 0.3) is 0 Å². The normalized spacial score (nSPS) is 16.2. The number of ether oxygens (including phenoxy) is 1. The van der Waals surface area contributed by atoms with Crippen LogP contribution in [0, 0.1) is 0 Å². The SMILES string of the molecule is Nc1ncnc2nc[nH]c12.O=C[C@H](OP(=O)(O)O)[C@@H](OC(=O)CC(O)(CC(=O)O)C(=O)O)[C@H](O)[C@H](O)CO. The van der Waals surface area contributed by atoms with Gasteiger partial charge in [-0.05, 0) is 0 Å². The molecule has 2 heterocycles. The van der Waals surface area contributed by atoms with Crippen molar-refractivity contribution < 1.29 is 73.4 Å². The number of nitrogens with one attached hydrogen (secondary N) is 1. The van der Waals surface area contributed by atoms with Gasteiger partial charge in [-0.15, -0.1) is 0 Å². The van der Waals surface area contributed by atoms with Gasteiger partial charge in [-0.3, -0.25) is 14.1 Å². The van der Waals surface area contributed by atoms with Crippen molar-refractivity contribution in [2.45, 2.75) is 42.9 Å². The second-order valence-electron chi connectivity index (χ2n) is 7.34. The van der Waals surface area contributed by atoms with Crippen molar-refractivity contribution in [1.29, 1.82) is 0 Å². The number of nitrogens with two attached hydrogens (primary N) is 1. The Labute approximate surface area is 210 Å². The molecule has 0 radical (unpaired) electrons. The van der Waals surface area contributed by atoms with Crippen molar-refractivity contribution >= 4 is 49.0 Å². The number of aromatic nitrogens is 4. The molecular formula is C17H24N5O15P. The first-order valence-corrected chi connectivity index (χ1v) is 11.5.